The maximum atomic E-state index is 5.42. The van der Waals surface area contributed by atoms with E-state index in [4.69, 9.17) is 9.26 Å². The van der Waals surface area contributed by atoms with Gasteiger partial charge in [-0.1, -0.05) is 25.9 Å². The highest BCUT2D eigenvalue weighted by Crippen LogP contribution is 2.15. The van der Waals surface area contributed by atoms with E-state index in [1.807, 2.05) is 0 Å². The lowest BCUT2D eigenvalue weighted by atomic mass is 10.1. The summed E-state index contributed by atoms with van der Waals surface area (Å²) in [5.41, 5.74) is 0. The molecule has 1 atom stereocenters. The fourth-order valence-electron chi connectivity index (χ4n) is 2.38. The van der Waals surface area contributed by atoms with Crippen LogP contribution in [0.1, 0.15) is 38.9 Å². The number of hydrogen-bond donors (Lipinski definition) is 0. The molecule has 0 bridgehead atoms. The second-order valence-corrected chi connectivity index (χ2v) is 5.76. The quantitative estimate of drug-likeness (QED) is 0.757. The van der Waals surface area contributed by atoms with Gasteiger partial charge in [0, 0.05) is 19.6 Å². The van der Waals surface area contributed by atoms with Gasteiger partial charge in [-0.25, -0.2) is 0 Å². The van der Waals surface area contributed by atoms with E-state index in [2.05, 4.69) is 35.8 Å². The molecule has 0 aliphatic carbocycles. The van der Waals surface area contributed by atoms with Crippen molar-refractivity contribution in [2.24, 2.45) is 11.8 Å². The molecule has 1 aromatic heterocycles. The summed E-state index contributed by atoms with van der Waals surface area (Å²) in [7, 11) is 0. The molecule has 1 aromatic rings. The topological polar surface area (TPSA) is 51.4 Å². The number of rotatable bonds is 7. The molecule has 2 rings (SSSR count). The predicted octanol–water partition coefficient (Wildman–Crippen LogP) is 2.13. The van der Waals surface area contributed by atoms with Gasteiger partial charge in [0.25, 0.3) is 0 Å². The third-order valence-corrected chi connectivity index (χ3v) is 3.45. The summed E-state index contributed by atoms with van der Waals surface area (Å²) >= 11 is 0. The Morgan fingerprint density at radius 2 is 2.26 bits per heavy atom. The average molecular weight is 267 g/mol. The van der Waals surface area contributed by atoms with Crippen LogP contribution in [0, 0.1) is 11.8 Å². The van der Waals surface area contributed by atoms with Gasteiger partial charge in [-0.15, -0.1) is 0 Å². The number of nitrogens with zero attached hydrogens (tertiary/aromatic N) is 3. The lowest BCUT2D eigenvalue weighted by Crippen LogP contribution is -2.29. The van der Waals surface area contributed by atoms with E-state index < -0.39 is 0 Å². The third kappa shape index (κ3) is 4.58. The summed E-state index contributed by atoms with van der Waals surface area (Å²) in [6.07, 6.45) is 2.02. The van der Waals surface area contributed by atoms with Crippen LogP contribution < -0.4 is 0 Å². The van der Waals surface area contributed by atoms with Crippen LogP contribution in [-0.4, -0.2) is 41.3 Å². The minimum Gasteiger partial charge on any atom is -0.381 e. The summed E-state index contributed by atoms with van der Waals surface area (Å²) in [6, 6.07) is 0. The van der Waals surface area contributed by atoms with E-state index in [1.165, 1.54) is 6.42 Å². The summed E-state index contributed by atoms with van der Waals surface area (Å²) in [4.78, 5) is 6.83. The van der Waals surface area contributed by atoms with Gasteiger partial charge < -0.3 is 9.26 Å². The van der Waals surface area contributed by atoms with E-state index in [0.29, 0.717) is 11.8 Å². The highest BCUT2D eigenvalue weighted by atomic mass is 16.5. The lowest BCUT2D eigenvalue weighted by molar-refractivity contribution is 0.165. The summed E-state index contributed by atoms with van der Waals surface area (Å²) in [5, 5.41) is 4.07. The number of hydrogen-bond acceptors (Lipinski definition) is 5. The van der Waals surface area contributed by atoms with Gasteiger partial charge in [-0.05, 0) is 24.8 Å². The first-order chi connectivity index (χ1) is 9.17. The molecule has 5 heteroatoms. The van der Waals surface area contributed by atoms with Crippen LogP contribution in [0.5, 0.6) is 0 Å². The van der Waals surface area contributed by atoms with E-state index in [9.17, 15) is 0 Å². The normalized spacial score (nSPS) is 19.7. The Morgan fingerprint density at radius 1 is 1.42 bits per heavy atom. The monoisotopic (exact) mass is 267 g/mol. The second kappa shape index (κ2) is 7.01. The van der Waals surface area contributed by atoms with Crippen molar-refractivity contribution < 1.29 is 9.26 Å². The molecule has 1 aliphatic heterocycles. The highest BCUT2D eigenvalue weighted by molar-refractivity contribution is 4.87. The van der Waals surface area contributed by atoms with Gasteiger partial charge in [0.15, 0.2) is 5.82 Å². The first kappa shape index (κ1) is 14.5. The van der Waals surface area contributed by atoms with E-state index >= 15 is 0 Å². The van der Waals surface area contributed by atoms with Crippen molar-refractivity contribution in [3.63, 3.8) is 0 Å². The van der Waals surface area contributed by atoms with Crippen LogP contribution in [0.25, 0.3) is 0 Å². The Hall–Kier alpha value is -0.940. The fourth-order valence-corrected chi connectivity index (χ4v) is 2.38. The molecular formula is C14H25N3O2. The summed E-state index contributed by atoms with van der Waals surface area (Å²) in [6.45, 7) is 11.1. The van der Waals surface area contributed by atoms with Crippen LogP contribution in [0.15, 0.2) is 4.52 Å². The van der Waals surface area contributed by atoms with Crippen molar-refractivity contribution in [2.75, 3.05) is 26.3 Å². The zero-order valence-electron chi connectivity index (χ0n) is 12.3. The Labute approximate surface area is 115 Å². The smallest absolute Gasteiger partial charge is 0.226 e. The molecule has 2 heterocycles. The van der Waals surface area contributed by atoms with Crippen molar-refractivity contribution in [1.29, 1.82) is 0 Å². The first-order valence-corrected chi connectivity index (χ1v) is 7.29. The average Bonchev–Trinajstić information content (AvgIpc) is 3.00. The molecule has 0 spiro atoms. The zero-order chi connectivity index (χ0) is 13.7. The molecule has 5 nitrogen and oxygen atoms in total. The predicted molar refractivity (Wildman–Crippen MR) is 72.7 cm³/mol. The van der Waals surface area contributed by atoms with Gasteiger partial charge in [0.1, 0.15) is 0 Å². The van der Waals surface area contributed by atoms with Crippen molar-refractivity contribution in [3.8, 4) is 0 Å². The molecule has 1 fully saturated rings. The first-order valence-electron chi connectivity index (χ1n) is 7.29. The van der Waals surface area contributed by atoms with Crippen LogP contribution in [-0.2, 0) is 17.7 Å². The van der Waals surface area contributed by atoms with E-state index in [1.54, 1.807) is 0 Å². The van der Waals surface area contributed by atoms with E-state index in [-0.39, 0.29) is 0 Å². The fraction of sp³-hybridized carbons (Fsp3) is 0.857. The summed E-state index contributed by atoms with van der Waals surface area (Å²) in [5.74, 6) is 2.76. The SMILES string of the molecule is CCN(Cc1noc(CC(C)C)n1)C[C@@H]1CCOC1. The van der Waals surface area contributed by atoms with Crippen LogP contribution in [0.2, 0.25) is 0 Å². The Bertz CT molecular complexity index is 373. The lowest BCUT2D eigenvalue weighted by Gasteiger charge is -2.21. The van der Waals surface area contributed by atoms with Gasteiger partial charge in [0.05, 0.1) is 13.2 Å². The maximum absolute atomic E-state index is 5.42. The zero-order valence-corrected chi connectivity index (χ0v) is 12.3. The molecule has 1 saturated heterocycles. The summed E-state index contributed by atoms with van der Waals surface area (Å²) < 4.78 is 10.7. The standard InChI is InChI=1S/C14H25N3O2/c1-4-17(8-12-5-6-18-10-12)9-13-15-14(19-16-13)7-11(2)3/h11-12H,4-10H2,1-3H3/t12-/m0/s1. The molecule has 0 unspecified atom stereocenters. The molecule has 0 amide bonds. The molecule has 1 aliphatic rings. The van der Waals surface area contributed by atoms with Gasteiger partial charge in [0.2, 0.25) is 5.89 Å². The molecule has 108 valence electrons. The van der Waals surface area contributed by atoms with Crippen molar-refractivity contribution in [2.45, 2.75) is 40.2 Å². The molecule has 0 radical (unpaired) electrons. The molecular weight excluding hydrogens is 242 g/mol. The van der Waals surface area contributed by atoms with Crippen LogP contribution >= 0.6 is 0 Å². The van der Waals surface area contributed by atoms with Crippen molar-refractivity contribution in [3.05, 3.63) is 11.7 Å². The second-order valence-electron chi connectivity index (χ2n) is 5.76. The minimum atomic E-state index is 0.547. The molecule has 0 aromatic carbocycles. The third-order valence-electron chi connectivity index (χ3n) is 3.45. The van der Waals surface area contributed by atoms with Crippen LogP contribution in [0.4, 0.5) is 0 Å². The Balaban J connectivity index is 1.84. The largest absolute Gasteiger partial charge is 0.381 e. The van der Waals surface area contributed by atoms with Gasteiger partial charge in [-0.3, -0.25) is 4.90 Å². The van der Waals surface area contributed by atoms with E-state index in [0.717, 1.165) is 51.0 Å². The molecule has 0 saturated carbocycles. The van der Waals surface area contributed by atoms with Crippen LogP contribution in [0.3, 0.4) is 0 Å². The molecule has 19 heavy (non-hydrogen) atoms. The van der Waals surface area contributed by atoms with Crippen molar-refractivity contribution >= 4 is 0 Å². The number of aromatic nitrogens is 2. The molecule has 0 N–H and O–H groups in total. The Kier molecular flexibility index (Phi) is 5.34. The minimum absolute atomic E-state index is 0.547. The van der Waals surface area contributed by atoms with Gasteiger partial charge >= 0.3 is 0 Å². The Morgan fingerprint density at radius 3 is 2.89 bits per heavy atom. The maximum Gasteiger partial charge on any atom is 0.226 e. The van der Waals surface area contributed by atoms with Gasteiger partial charge in [-0.2, -0.15) is 4.98 Å². The number of ether oxygens (including phenoxy) is 1. The van der Waals surface area contributed by atoms with Crippen molar-refractivity contribution in [1.82, 2.24) is 15.0 Å². The highest BCUT2D eigenvalue weighted by Gasteiger charge is 2.19.